The van der Waals surface area contributed by atoms with E-state index in [1.165, 1.54) is 0 Å². The van der Waals surface area contributed by atoms with Crippen LogP contribution in [0.25, 0.3) is 131 Å². The minimum absolute atomic E-state index is 0.220. The summed E-state index contributed by atoms with van der Waals surface area (Å²) in [4.78, 5) is 60.9. The molecule has 0 atom stereocenters. The van der Waals surface area contributed by atoms with Gasteiger partial charge in [-0.05, 0) is 48.5 Å². The van der Waals surface area contributed by atoms with Gasteiger partial charge in [0.15, 0.2) is 0 Å². The quantitative estimate of drug-likeness (QED) is 0.115. The molecule has 0 unspecified atom stereocenters. The molecule has 0 amide bonds. The fourth-order valence-electron chi connectivity index (χ4n) is 9.27. The maximum Gasteiger partial charge on any atom is 0.258 e. The second kappa shape index (κ2) is 10.7. The SMILES string of the molecule is O=c1[nH]c(=O)c2cc3oc4ccccc4c4ccccc4oc4cc5c(=O)[nH]c(=O)c6cc7oc8ccccc8c8ccccc8oc8cc1c2c1c8c7c(c65)c4c31. The van der Waals surface area contributed by atoms with E-state index in [4.69, 9.17) is 17.7 Å². The highest BCUT2D eigenvalue weighted by Crippen LogP contribution is 2.50. The van der Waals surface area contributed by atoms with E-state index in [1.807, 2.05) is 97.1 Å². The number of rotatable bonds is 0. The lowest BCUT2D eigenvalue weighted by Gasteiger charge is -2.19. The molecule has 0 bridgehead atoms. The molecule has 4 heterocycles. The Kier molecular flexibility index (Phi) is 5.74. The summed E-state index contributed by atoms with van der Waals surface area (Å²) in [5.74, 6) is 0. The molecule has 0 aliphatic carbocycles. The van der Waals surface area contributed by atoms with Crippen LogP contribution in [0.4, 0.5) is 0 Å². The van der Waals surface area contributed by atoms with Crippen LogP contribution >= 0.6 is 0 Å². The van der Waals surface area contributed by atoms with E-state index in [-0.39, 0.29) is 43.9 Å². The Bertz CT molecular complexity index is 3820. The molecule has 10 heteroatoms. The average Bonchev–Trinajstić information content (AvgIpc) is 3.23. The third kappa shape index (κ3) is 3.89. The van der Waals surface area contributed by atoms with Gasteiger partial charge in [-0.25, -0.2) is 0 Å². The van der Waals surface area contributed by atoms with Crippen molar-refractivity contribution in [2.75, 3.05) is 0 Å². The summed E-state index contributed by atoms with van der Waals surface area (Å²) in [6.07, 6.45) is 0. The summed E-state index contributed by atoms with van der Waals surface area (Å²) in [5.41, 5.74) is 0.706. The predicted molar refractivity (Wildman–Crippen MR) is 228 cm³/mol. The first-order chi connectivity index (χ1) is 28.4. The Morgan fingerprint density at radius 3 is 0.759 bits per heavy atom. The van der Waals surface area contributed by atoms with Crippen LogP contribution in [0, 0.1) is 0 Å². The molecule has 0 aliphatic heterocycles. The highest BCUT2D eigenvalue weighted by atomic mass is 16.3. The number of para-hydroxylation sites is 4. The largest absolute Gasteiger partial charge is 0.456 e. The fourth-order valence-corrected chi connectivity index (χ4v) is 9.27. The van der Waals surface area contributed by atoms with Crippen molar-refractivity contribution >= 4 is 131 Å². The predicted octanol–water partition coefficient (Wildman–Crippen LogP) is 10.6. The van der Waals surface area contributed by atoms with Crippen LogP contribution in [0.3, 0.4) is 0 Å². The van der Waals surface area contributed by atoms with Gasteiger partial charge in [0, 0.05) is 64.6 Å². The Labute approximate surface area is 320 Å². The number of nitrogens with one attached hydrogen (secondary N) is 2. The summed E-state index contributed by atoms with van der Waals surface area (Å²) in [6, 6.07) is 36.6. The summed E-state index contributed by atoms with van der Waals surface area (Å²) in [6.45, 7) is 0. The van der Waals surface area contributed by atoms with Gasteiger partial charge in [0.1, 0.15) is 44.7 Å². The zero-order valence-electron chi connectivity index (χ0n) is 29.8. The van der Waals surface area contributed by atoms with Gasteiger partial charge in [0.25, 0.3) is 22.2 Å². The van der Waals surface area contributed by atoms with Gasteiger partial charge in [0.05, 0.1) is 21.5 Å². The van der Waals surface area contributed by atoms with Crippen molar-refractivity contribution in [3.8, 4) is 0 Å². The molecule has 272 valence electrons. The normalized spacial score (nSPS) is 12.4. The number of hydrogen-bond acceptors (Lipinski definition) is 8. The topological polar surface area (TPSA) is 152 Å². The Morgan fingerprint density at radius 1 is 0.259 bits per heavy atom. The van der Waals surface area contributed by atoms with E-state index >= 15 is 0 Å². The molecule has 58 heavy (non-hydrogen) atoms. The highest BCUT2D eigenvalue weighted by molar-refractivity contribution is 6.47. The van der Waals surface area contributed by atoms with E-state index in [2.05, 4.69) is 9.97 Å². The smallest absolute Gasteiger partial charge is 0.258 e. The van der Waals surface area contributed by atoms with Crippen molar-refractivity contribution in [2.45, 2.75) is 0 Å². The molecule has 13 aromatic rings. The molecule has 0 spiro atoms. The first kappa shape index (κ1) is 31.0. The minimum atomic E-state index is -0.592. The lowest BCUT2D eigenvalue weighted by atomic mass is 9.85. The second-order valence-corrected chi connectivity index (χ2v) is 14.6. The van der Waals surface area contributed by atoms with Crippen LogP contribution in [0.2, 0.25) is 0 Å². The standard InChI is InChI=1S/C48H22N2O8/c51-45-25-17-33-39-40-34(56-30-14-6-2-10-22(30)21-9-1-5-13-29(21)55-33)18-26-38-28(48(54)50-46(26)52)20-36-42(44(38)40)41-35(19-27(47(53)49-45)37(25)43(39)41)57-31-15-7-3-11-23(31)24-12-4-8-16-32(24)58-36/h1-20H,(H,49,51,53)(H,50,52,54). The van der Waals surface area contributed by atoms with Gasteiger partial charge in [-0.2, -0.15) is 0 Å². The van der Waals surface area contributed by atoms with E-state index in [0.717, 1.165) is 21.5 Å². The molecule has 0 saturated heterocycles. The van der Waals surface area contributed by atoms with Crippen molar-refractivity contribution < 1.29 is 17.7 Å². The maximum absolute atomic E-state index is 14.0. The maximum atomic E-state index is 14.0. The highest BCUT2D eigenvalue weighted by Gasteiger charge is 2.28. The third-order valence-electron chi connectivity index (χ3n) is 11.6. The van der Waals surface area contributed by atoms with Gasteiger partial charge in [-0.1, -0.05) is 72.8 Å². The molecule has 4 aromatic heterocycles. The summed E-state index contributed by atoms with van der Waals surface area (Å²) >= 11 is 0. The number of pyridine rings is 2. The van der Waals surface area contributed by atoms with E-state index < -0.39 is 22.2 Å². The van der Waals surface area contributed by atoms with Crippen LogP contribution in [0.5, 0.6) is 0 Å². The van der Waals surface area contributed by atoms with Gasteiger partial charge >= 0.3 is 0 Å². The minimum Gasteiger partial charge on any atom is -0.456 e. The fraction of sp³-hybridized carbons (Fsp3) is 0. The number of aromatic nitrogens is 2. The van der Waals surface area contributed by atoms with Crippen LogP contribution in [-0.2, 0) is 0 Å². The Balaban J connectivity index is 1.53. The zero-order chi connectivity index (χ0) is 38.6. The molecule has 0 fully saturated rings. The van der Waals surface area contributed by atoms with E-state index in [9.17, 15) is 19.2 Å². The molecular weight excluding hydrogens is 733 g/mol. The average molecular weight is 755 g/mol. The van der Waals surface area contributed by atoms with Crippen molar-refractivity contribution in [1.29, 1.82) is 0 Å². The molecule has 13 rings (SSSR count). The van der Waals surface area contributed by atoms with Crippen molar-refractivity contribution in [3.63, 3.8) is 0 Å². The van der Waals surface area contributed by atoms with Crippen molar-refractivity contribution in [2.24, 2.45) is 0 Å². The van der Waals surface area contributed by atoms with Gasteiger partial charge in [-0.15, -0.1) is 0 Å². The van der Waals surface area contributed by atoms with E-state index in [1.54, 1.807) is 24.3 Å². The van der Waals surface area contributed by atoms with Crippen LogP contribution in [0.15, 0.2) is 158 Å². The number of fused-ring (bicyclic) bond motifs is 6. The summed E-state index contributed by atoms with van der Waals surface area (Å²) in [5, 5.41) is 7.44. The van der Waals surface area contributed by atoms with Crippen LogP contribution in [-0.4, -0.2) is 9.97 Å². The van der Waals surface area contributed by atoms with Gasteiger partial charge in [0.2, 0.25) is 0 Å². The molecule has 2 N–H and O–H groups in total. The number of H-pyrrole nitrogens is 2. The monoisotopic (exact) mass is 754 g/mol. The summed E-state index contributed by atoms with van der Waals surface area (Å²) < 4.78 is 28.0. The zero-order valence-corrected chi connectivity index (χ0v) is 29.8. The van der Waals surface area contributed by atoms with Crippen LogP contribution in [0.1, 0.15) is 0 Å². The molecule has 10 nitrogen and oxygen atoms in total. The molecule has 9 aromatic carbocycles. The Morgan fingerprint density at radius 2 is 0.500 bits per heavy atom. The number of aromatic amines is 2. The molecule has 0 saturated carbocycles. The van der Waals surface area contributed by atoms with Gasteiger partial charge in [-0.3, -0.25) is 29.1 Å². The second-order valence-electron chi connectivity index (χ2n) is 14.6. The number of hydrogen-bond donors (Lipinski definition) is 2. The van der Waals surface area contributed by atoms with E-state index in [0.29, 0.717) is 65.4 Å². The first-order valence-corrected chi connectivity index (χ1v) is 18.6. The Hall–Kier alpha value is -8.24. The lowest BCUT2D eigenvalue weighted by molar-refractivity contribution is 0.657. The van der Waals surface area contributed by atoms with Crippen molar-refractivity contribution in [1.82, 2.24) is 9.97 Å². The first-order valence-electron chi connectivity index (χ1n) is 18.6. The molecule has 0 aliphatic rings. The summed E-state index contributed by atoms with van der Waals surface area (Å²) in [7, 11) is 0. The lowest BCUT2D eigenvalue weighted by Crippen LogP contribution is -2.20. The van der Waals surface area contributed by atoms with Crippen molar-refractivity contribution in [3.05, 3.63) is 163 Å². The third-order valence-corrected chi connectivity index (χ3v) is 11.6. The van der Waals surface area contributed by atoms with Crippen LogP contribution < -0.4 is 22.2 Å². The molecular formula is C48H22N2O8. The molecule has 0 radical (unpaired) electrons. The van der Waals surface area contributed by atoms with Gasteiger partial charge < -0.3 is 17.7 Å². The number of benzene rings is 9.